The van der Waals surface area contributed by atoms with Gasteiger partial charge in [-0.05, 0) is 0 Å². The van der Waals surface area contributed by atoms with Crippen molar-refractivity contribution in [2.45, 2.75) is 123 Å². The molecule has 0 amide bonds. The molecule has 0 radical (unpaired) electrons. The van der Waals surface area contributed by atoms with Crippen molar-refractivity contribution in [1.29, 1.82) is 0 Å². The molecule has 0 nitrogen and oxygen atoms in total. The molecule has 0 saturated carbocycles. The van der Waals surface area contributed by atoms with Gasteiger partial charge >= 0.3 is 0 Å². The SMILES string of the molecule is CC[Si](C)(C)C.CC[Si](C)(C)C.C[Si](C)(C)CCC[Si](C)(C)C. The van der Waals surface area contributed by atoms with E-state index in [1.165, 1.54) is 30.6 Å². The summed E-state index contributed by atoms with van der Waals surface area (Å²) in [5.41, 5.74) is 0. The average Bonchev–Trinajstić information content (AvgIpc) is 2.25. The zero-order valence-electron chi connectivity index (χ0n) is 19.5. The predicted molar refractivity (Wildman–Crippen MR) is 129 cm³/mol. The molecule has 0 aromatic carbocycles. The van der Waals surface area contributed by atoms with Gasteiger partial charge in [0.05, 0.1) is 0 Å². The van der Waals surface area contributed by atoms with Gasteiger partial charge in [-0.15, -0.1) is 0 Å². The van der Waals surface area contributed by atoms with Gasteiger partial charge in [0.25, 0.3) is 0 Å². The van der Waals surface area contributed by atoms with E-state index in [1.807, 2.05) is 0 Å². The van der Waals surface area contributed by atoms with Crippen LogP contribution in [0.3, 0.4) is 0 Å². The van der Waals surface area contributed by atoms with Crippen LogP contribution in [0.15, 0.2) is 0 Å². The van der Waals surface area contributed by atoms with Gasteiger partial charge in [-0.25, -0.2) is 0 Å². The molecule has 0 N–H and O–H groups in total. The lowest BCUT2D eigenvalue weighted by molar-refractivity contribution is 1.01. The van der Waals surface area contributed by atoms with Gasteiger partial charge < -0.3 is 0 Å². The van der Waals surface area contributed by atoms with Crippen LogP contribution in [0.2, 0.25) is 103 Å². The van der Waals surface area contributed by atoms with Gasteiger partial charge in [0.2, 0.25) is 0 Å². The van der Waals surface area contributed by atoms with E-state index in [1.54, 1.807) is 0 Å². The highest BCUT2D eigenvalue weighted by Gasteiger charge is 2.16. The first-order valence-corrected chi connectivity index (χ1v) is 24.7. The van der Waals surface area contributed by atoms with Crippen molar-refractivity contribution < 1.29 is 0 Å². The van der Waals surface area contributed by atoms with E-state index >= 15 is 0 Å². The molecule has 23 heavy (non-hydrogen) atoms. The second kappa shape index (κ2) is 12.3. The van der Waals surface area contributed by atoms with E-state index in [0.29, 0.717) is 0 Å². The summed E-state index contributed by atoms with van der Waals surface area (Å²) < 4.78 is 0. The Hall–Kier alpha value is 0.868. The first-order chi connectivity index (χ1) is 9.83. The molecule has 0 atom stereocenters. The molecule has 0 aliphatic heterocycles. The van der Waals surface area contributed by atoms with Crippen LogP contribution in [-0.2, 0) is 0 Å². The molecular formula is C19H52Si4. The van der Waals surface area contributed by atoms with Crippen LogP contribution in [0.1, 0.15) is 20.3 Å². The molecule has 0 aliphatic carbocycles. The van der Waals surface area contributed by atoms with Crippen molar-refractivity contribution in [2.24, 2.45) is 0 Å². The Balaban J connectivity index is -0.000000284. The normalized spacial score (nSPS) is 12.8. The molecule has 4 heteroatoms. The minimum absolute atomic E-state index is 0.631. The van der Waals surface area contributed by atoms with Crippen molar-refractivity contribution in [3.8, 4) is 0 Å². The van der Waals surface area contributed by atoms with Crippen molar-refractivity contribution in [3.63, 3.8) is 0 Å². The number of rotatable bonds is 6. The van der Waals surface area contributed by atoms with Crippen molar-refractivity contribution in [1.82, 2.24) is 0 Å². The van der Waals surface area contributed by atoms with Crippen LogP contribution < -0.4 is 0 Å². The predicted octanol–water partition coefficient (Wildman–Crippen LogP) is 8.74. The quantitative estimate of drug-likeness (QED) is 0.396. The smallest absolute Gasteiger partial charge is 0.0442 e. The van der Waals surface area contributed by atoms with Crippen LogP contribution in [0.5, 0.6) is 0 Å². The Morgan fingerprint density at radius 3 is 0.652 bits per heavy atom. The Labute approximate surface area is 155 Å². The van der Waals surface area contributed by atoms with Crippen LogP contribution in [0.4, 0.5) is 0 Å². The Bertz CT molecular complexity index is 231. The highest BCUT2D eigenvalue weighted by molar-refractivity contribution is 6.77. The van der Waals surface area contributed by atoms with E-state index < -0.39 is 32.3 Å². The fourth-order valence-corrected chi connectivity index (χ4v) is 3.98. The lowest BCUT2D eigenvalue weighted by Gasteiger charge is -2.20. The maximum atomic E-state index is 2.47. The fraction of sp³-hybridized carbons (Fsp3) is 1.00. The maximum Gasteiger partial charge on any atom is 0.0442 e. The first-order valence-electron chi connectivity index (χ1n) is 9.83. The molecule has 0 saturated heterocycles. The van der Waals surface area contributed by atoms with Crippen molar-refractivity contribution in [3.05, 3.63) is 0 Å². The third-order valence-corrected chi connectivity index (χ3v) is 11.9. The zero-order chi connectivity index (χ0) is 19.5. The molecule has 0 spiro atoms. The Kier molecular flexibility index (Phi) is 15.3. The molecule has 0 fully saturated rings. The Morgan fingerprint density at radius 1 is 0.391 bits per heavy atom. The zero-order valence-corrected chi connectivity index (χ0v) is 23.5. The fourth-order valence-electron chi connectivity index (χ4n) is 1.15. The highest BCUT2D eigenvalue weighted by Crippen LogP contribution is 2.18. The molecule has 0 bridgehead atoms. The van der Waals surface area contributed by atoms with Gasteiger partial charge in [-0.1, -0.05) is 123 Å². The molecule has 0 heterocycles. The van der Waals surface area contributed by atoms with Gasteiger partial charge in [-0.3, -0.25) is 0 Å². The van der Waals surface area contributed by atoms with E-state index in [0.717, 1.165) is 0 Å². The van der Waals surface area contributed by atoms with Crippen LogP contribution >= 0.6 is 0 Å². The third kappa shape index (κ3) is 45.0. The minimum atomic E-state index is -0.735. The van der Waals surface area contributed by atoms with Gasteiger partial charge in [-0.2, -0.15) is 0 Å². The van der Waals surface area contributed by atoms with Crippen LogP contribution in [0.25, 0.3) is 0 Å². The third-order valence-electron chi connectivity index (χ3n) is 3.97. The molecule has 0 rings (SSSR count). The molecule has 0 unspecified atom stereocenters. The Morgan fingerprint density at radius 2 is 0.565 bits per heavy atom. The van der Waals surface area contributed by atoms with Gasteiger partial charge in [0.1, 0.15) is 0 Å². The lowest BCUT2D eigenvalue weighted by Crippen LogP contribution is -2.23. The summed E-state index contributed by atoms with van der Waals surface area (Å²) in [4.78, 5) is 0. The summed E-state index contributed by atoms with van der Waals surface area (Å²) in [6.07, 6.45) is 1.49. The molecule has 144 valence electrons. The standard InChI is InChI=1S/C9H24Si2.2C5H14Si/c1-10(2,3)8-7-9-11(4,5)6;2*1-5-6(2,3)4/h7-9H2,1-6H3;2*5H2,1-4H3. The molecule has 0 aliphatic rings. The van der Waals surface area contributed by atoms with Crippen molar-refractivity contribution in [2.75, 3.05) is 0 Å². The summed E-state index contributed by atoms with van der Waals surface area (Å²) in [5.74, 6) is 0. The molecular weight excluding hydrogens is 341 g/mol. The second-order valence-corrected chi connectivity index (χ2v) is 34.7. The van der Waals surface area contributed by atoms with Crippen LogP contribution in [0, 0.1) is 0 Å². The van der Waals surface area contributed by atoms with E-state index in [9.17, 15) is 0 Å². The first kappa shape index (κ1) is 28.7. The summed E-state index contributed by atoms with van der Waals surface area (Å²) in [5, 5.41) is 0. The lowest BCUT2D eigenvalue weighted by atomic mass is 10.6. The summed E-state index contributed by atoms with van der Waals surface area (Å²) in [6.45, 7) is 33.6. The van der Waals surface area contributed by atoms with E-state index in [4.69, 9.17) is 0 Å². The van der Waals surface area contributed by atoms with E-state index in [2.05, 4.69) is 92.4 Å². The largest absolute Gasteiger partial charge is 0.0696 e. The summed E-state index contributed by atoms with van der Waals surface area (Å²) in [6, 6.07) is 5.87. The van der Waals surface area contributed by atoms with Crippen molar-refractivity contribution >= 4 is 32.3 Å². The van der Waals surface area contributed by atoms with Gasteiger partial charge in [0, 0.05) is 32.3 Å². The highest BCUT2D eigenvalue weighted by atomic mass is 28.3. The summed E-state index contributed by atoms with van der Waals surface area (Å²) >= 11 is 0. The van der Waals surface area contributed by atoms with E-state index in [-0.39, 0.29) is 0 Å². The molecule has 0 aromatic heterocycles. The van der Waals surface area contributed by atoms with Crippen LogP contribution in [-0.4, -0.2) is 32.3 Å². The maximum absolute atomic E-state index is 2.47. The topological polar surface area (TPSA) is 0 Å². The average molecular weight is 393 g/mol. The number of hydrogen-bond donors (Lipinski definition) is 0. The summed E-state index contributed by atoms with van der Waals surface area (Å²) in [7, 11) is -2.73. The second-order valence-electron chi connectivity index (χ2n) is 11.8. The number of hydrogen-bond acceptors (Lipinski definition) is 0. The molecule has 0 aromatic rings. The minimum Gasteiger partial charge on any atom is -0.0696 e. The van der Waals surface area contributed by atoms with Gasteiger partial charge in [0.15, 0.2) is 0 Å². The monoisotopic (exact) mass is 392 g/mol.